The van der Waals surface area contributed by atoms with Crippen LogP contribution < -0.4 is 10.6 Å². The van der Waals surface area contributed by atoms with E-state index in [4.69, 9.17) is 5.73 Å². The van der Waals surface area contributed by atoms with E-state index in [0.717, 1.165) is 16.5 Å². The number of amides is 1. The fourth-order valence-corrected chi connectivity index (χ4v) is 2.11. The number of rotatable bonds is 1. The summed E-state index contributed by atoms with van der Waals surface area (Å²) in [6, 6.07) is 13.7. The van der Waals surface area contributed by atoms with Crippen LogP contribution in [0.1, 0.15) is 0 Å². The number of anilines is 1. The molecule has 16 heavy (non-hydrogen) atoms. The number of fused-ring (bicyclic) bond motifs is 1. The number of carbonyl (C=O) groups excluding carboxylic acids is 1. The number of nitrogens with two attached hydrogens (primary N) is 1. The molecule has 3 nitrogen and oxygen atoms in total. The van der Waals surface area contributed by atoms with Gasteiger partial charge in [-0.15, -0.1) is 0 Å². The smallest absolute Gasteiger partial charge is 0.245 e. The van der Waals surface area contributed by atoms with Crippen molar-refractivity contribution in [1.82, 2.24) is 0 Å². The molecule has 0 saturated carbocycles. The van der Waals surface area contributed by atoms with Gasteiger partial charge in [-0.3, -0.25) is 4.79 Å². The zero-order valence-corrected chi connectivity index (χ0v) is 8.76. The summed E-state index contributed by atoms with van der Waals surface area (Å²) in [5.74, 6) is 0.0105. The van der Waals surface area contributed by atoms with Crippen LogP contribution in [0.15, 0.2) is 42.5 Å². The van der Waals surface area contributed by atoms with Gasteiger partial charge in [-0.05, 0) is 11.5 Å². The minimum Gasteiger partial charge on any atom is -0.318 e. The van der Waals surface area contributed by atoms with E-state index in [-0.39, 0.29) is 11.9 Å². The van der Waals surface area contributed by atoms with Gasteiger partial charge in [0.1, 0.15) is 6.04 Å². The Morgan fingerprint density at radius 1 is 1.12 bits per heavy atom. The normalized spacial score (nSPS) is 19.9. The van der Waals surface area contributed by atoms with Crippen LogP contribution in [-0.4, -0.2) is 18.5 Å². The van der Waals surface area contributed by atoms with Gasteiger partial charge in [0, 0.05) is 5.39 Å². The first kappa shape index (κ1) is 9.36. The highest BCUT2D eigenvalue weighted by molar-refractivity contribution is 6.09. The molecule has 2 aromatic rings. The van der Waals surface area contributed by atoms with E-state index in [1.807, 2.05) is 42.5 Å². The van der Waals surface area contributed by atoms with Gasteiger partial charge in [-0.2, -0.15) is 0 Å². The van der Waals surface area contributed by atoms with Crippen LogP contribution in [0.4, 0.5) is 5.69 Å². The van der Waals surface area contributed by atoms with Crippen LogP contribution in [0.3, 0.4) is 0 Å². The molecule has 1 atom stereocenters. The molecule has 1 saturated heterocycles. The third-order valence-corrected chi connectivity index (χ3v) is 3.02. The molecule has 2 aromatic carbocycles. The number of hydrogen-bond donors (Lipinski definition) is 1. The quantitative estimate of drug-likeness (QED) is 0.728. The first-order valence-electron chi connectivity index (χ1n) is 5.32. The van der Waals surface area contributed by atoms with Crippen LogP contribution in [0.25, 0.3) is 10.8 Å². The lowest BCUT2D eigenvalue weighted by Gasteiger charge is -2.36. The highest BCUT2D eigenvalue weighted by atomic mass is 16.2. The van der Waals surface area contributed by atoms with Crippen molar-refractivity contribution in [3.63, 3.8) is 0 Å². The molecule has 1 aliphatic heterocycles. The summed E-state index contributed by atoms with van der Waals surface area (Å²) in [4.78, 5) is 13.3. The van der Waals surface area contributed by atoms with Crippen LogP contribution in [-0.2, 0) is 4.79 Å². The Balaban J connectivity index is 2.14. The molecule has 0 radical (unpaired) electrons. The minimum absolute atomic E-state index is 0.0105. The van der Waals surface area contributed by atoms with Crippen LogP contribution in [0.5, 0.6) is 0 Å². The Labute approximate surface area is 93.5 Å². The molecule has 1 unspecified atom stereocenters. The zero-order chi connectivity index (χ0) is 11.1. The maximum atomic E-state index is 11.6. The summed E-state index contributed by atoms with van der Waals surface area (Å²) in [5.41, 5.74) is 6.57. The first-order chi connectivity index (χ1) is 7.77. The molecule has 3 rings (SSSR count). The van der Waals surface area contributed by atoms with Gasteiger partial charge in [0.15, 0.2) is 0 Å². The third kappa shape index (κ3) is 1.22. The van der Waals surface area contributed by atoms with Gasteiger partial charge in [-0.1, -0.05) is 36.4 Å². The number of benzene rings is 2. The van der Waals surface area contributed by atoms with Crippen LogP contribution in [0.2, 0.25) is 0 Å². The highest BCUT2D eigenvalue weighted by Crippen LogP contribution is 2.29. The Bertz CT molecular complexity index is 559. The Morgan fingerprint density at radius 2 is 1.88 bits per heavy atom. The second-order valence-electron chi connectivity index (χ2n) is 4.05. The van der Waals surface area contributed by atoms with E-state index in [1.54, 1.807) is 4.90 Å². The molecule has 1 heterocycles. The monoisotopic (exact) mass is 212 g/mol. The first-order valence-corrected chi connectivity index (χ1v) is 5.32. The van der Waals surface area contributed by atoms with Crippen molar-refractivity contribution in [1.29, 1.82) is 0 Å². The second-order valence-corrected chi connectivity index (χ2v) is 4.05. The van der Waals surface area contributed by atoms with Crippen molar-refractivity contribution in [2.75, 3.05) is 11.4 Å². The summed E-state index contributed by atoms with van der Waals surface area (Å²) in [5, 5.41) is 2.25. The van der Waals surface area contributed by atoms with Gasteiger partial charge < -0.3 is 10.6 Å². The fraction of sp³-hybridized carbons (Fsp3) is 0.154. The predicted octanol–water partition coefficient (Wildman–Crippen LogP) is 1.51. The lowest BCUT2D eigenvalue weighted by atomic mass is 10.0. The average Bonchev–Trinajstić information content (AvgIpc) is 2.35. The molecule has 0 aliphatic carbocycles. The second kappa shape index (κ2) is 3.32. The SMILES string of the molecule is NC1CN(c2cccc3ccccc23)C1=O. The molecule has 1 fully saturated rings. The Kier molecular flexibility index (Phi) is 1.94. The fourth-order valence-electron chi connectivity index (χ4n) is 2.11. The molecule has 2 N–H and O–H groups in total. The number of carbonyl (C=O) groups is 1. The lowest BCUT2D eigenvalue weighted by molar-refractivity contribution is -0.123. The average molecular weight is 212 g/mol. The van der Waals surface area contributed by atoms with Crippen molar-refractivity contribution >= 4 is 22.4 Å². The summed E-state index contributed by atoms with van der Waals surface area (Å²) in [6.07, 6.45) is 0. The van der Waals surface area contributed by atoms with Gasteiger partial charge in [-0.25, -0.2) is 0 Å². The van der Waals surface area contributed by atoms with E-state index in [2.05, 4.69) is 0 Å². The number of β-lactam (4-membered cyclic amide) rings is 1. The van der Waals surface area contributed by atoms with Gasteiger partial charge in [0.2, 0.25) is 5.91 Å². The Morgan fingerprint density at radius 3 is 2.62 bits per heavy atom. The number of hydrogen-bond acceptors (Lipinski definition) is 2. The minimum atomic E-state index is -0.320. The van der Waals surface area contributed by atoms with Gasteiger partial charge in [0.05, 0.1) is 12.2 Å². The van der Waals surface area contributed by atoms with Crippen molar-refractivity contribution in [2.45, 2.75) is 6.04 Å². The summed E-state index contributed by atoms with van der Waals surface area (Å²) >= 11 is 0. The standard InChI is InChI=1S/C13H12N2O/c14-11-8-15(13(11)16)12-7-3-5-9-4-1-2-6-10(9)12/h1-7,11H,8,14H2. The highest BCUT2D eigenvalue weighted by Gasteiger charge is 2.35. The van der Waals surface area contributed by atoms with Crippen LogP contribution in [0, 0.1) is 0 Å². The topological polar surface area (TPSA) is 46.3 Å². The summed E-state index contributed by atoms with van der Waals surface area (Å²) in [7, 11) is 0. The molecular formula is C13H12N2O. The van der Waals surface area contributed by atoms with E-state index < -0.39 is 0 Å². The van der Waals surface area contributed by atoms with E-state index >= 15 is 0 Å². The third-order valence-electron chi connectivity index (χ3n) is 3.02. The molecule has 1 amide bonds. The molecule has 0 bridgehead atoms. The summed E-state index contributed by atoms with van der Waals surface area (Å²) in [6.45, 7) is 0.618. The summed E-state index contributed by atoms with van der Waals surface area (Å²) < 4.78 is 0. The largest absolute Gasteiger partial charge is 0.318 e. The lowest BCUT2D eigenvalue weighted by Crippen LogP contribution is -2.61. The maximum Gasteiger partial charge on any atom is 0.245 e. The molecular weight excluding hydrogens is 200 g/mol. The van der Waals surface area contributed by atoms with E-state index in [1.165, 1.54) is 0 Å². The maximum absolute atomic E-state index is 11.6. The van der Waals surface area contributed by atoms with Crippen molar-refractivity contribution in [2.24, 2.45) is 5.73 Å². The van der Waals surface area contributed by atoms with E-state index in [9.17, 15) is 4.79 Å². The Hall–Kier alpha value is -1.87. The molecule has 3 heteroatoms. The van der Waals surface area contributed by atoms with Crippen molar-refractivity contribution < 1.29 is 4.79 Å². The van der Waals surface area contributed by atoms with Crippen molar-refractivity contribution in [3.05, 3.63) is 42.5 Å². The zero-order valence-electron chi connectivity index (χ0n) is 8.76. The molecule has 80 valence electrons. The van der Waals surface area contributed by atoms with Gasteiger partial charge >= 0.3 is 0 Å². The van der Waals surface area contributed by atoms with Crippen LogP contribution >= 0.6 is 0 Å². The molecule has 1 aliphatic rings. The van der Waals surface area contributed by atoms with Crippen molar-refractivity contribution in [3.8, 4) is 0 Å². The van der Waals surface area contributed by atoms with E-state index in [0.29, 0.717) is 6.54 Å². The predicted molar refractivity (Wildman–Crippen MR) is 64.3 cm³/mol. The number of nitrogens with zero attached hydrogens (tertiary/aromatic N) is 1. The van der Waals surface area contributed by atoms with Gasteiger partial charge in [0.25, 0.3) is 0 Å². The molecule has 0 spiro atoms. The molecule has 0 aromatic heterocycles.